The zero-order chi connectivity index (χ0) is 24.8. The number of hydrogen-bond acceptors (Lipinski definition) is 7. The van der Waals surface area contributed by atoms with Gasteiger partial charge in [-0.25, -0.2) is 13.4 Å². The second kappa shape index (κ2) is 10.5. The van der Waals surface area contributed by atoms with Crippen LogP contribution in [0.25, 0.3) is 11.3 Å². The van der Waals surface area contributed by atoms with Crippen molar-refractivity contribution in [3.05, 3.63) is 101 Å². The molecule has 180 valence electrons. The molecule has 4 rings (SSSR count). The smallest absolute Gasteiger partial charge is 0.279 e. The van der Waals surface area contributed by atoms with Crippen molar-refractivity contribution in [1.29, 1.82) is 0 Å². The zero-order valence-corrected chi connectivity index (χ0v) is 19.9. The van der Waals surface area contributed by atoms with Gasteiger partial charge in [-0.1, -0.05) is 48.5 Å². The molecule has 0 aliphatic rings. The third-order valence-corrected chi connectivity index (χ3v) is 6.76. The molecule has 0 unspecified atom stereocenters. The molecule has 1 atom stereocenters. The normalized spacial score (nSPS) is 12.2. The van der Waals surface area contributed by atoms with E-state index in [0.29, 0.717) is 18.5 Å². The number of nitrogens with one attached hydrogen (secondary N) is 2. The molecule has 0 saturated heterocycles. The molecule has 2 aromatic heterocycles. The first-order valence-corrected chi connectivity index (χ1v) is 12.5. The molecule has 0 radical (unpaired) electrons. The predicted octanol–water partition coefficient (Wildman–Crippen LogP) is 2.62. The number of hydrogen-bond donors (Lipinski definition) is 3. The maximum absolute atomic E-state index is 13.3. The van der Waals surface area contributed by atoms with Crippen LogP contribution in [0.1, 0.15) is 5.56 Å². The fourth-order valence-electron chi connectivity index (χ4n) is 3.58. The van der Waals surface area contributed by atoms with E-state index in [0.717, 1.165) is 5.56 Å². The van der Waals surface area contributed by atoms with Gasteiger partial charge >= 0.3 is 0 Å². The second-order valence-electron chi connectivity index (χ2n) is 8.01. The lowest BCUT2D eigenvalue weighted by Gasteiger charge is -2.18. The molecule has 10 heteroatoms. The summed E-state index contributed by atoms with van der Waals surface area (Å²) in [7, 11) is -2.49. The molecule has 0 saturated carbocycles. The van der Waals surface area contributed by atoms with Crippen molar-refractivity contribution in [1.82, 2.24) is 14.5 Å². The first-order valence-electron chi connectivity index (χ1n) is 11.0. The number of rotatable bonds is 9. The Labute approximate surface area is 203 Å². The number of anilines is 2. The quantitative estimate of drug-likeness (QED) is 0.329. The average Bonchev–Trinajstić information content (AvgIpc) is 2.88. The SMILES string of the molecule is Cn1c(NC[C@@H](N)Cc2ccccc2)nc(-c2ccncc2)c(NS(=O)(=O)c2ccccc2)c1=O. The van der Waals surface area contributed by atoms with Gasteiger partial charge in [-0.3, -0.25) is 19.1 Å². The predicted molar refractivity (Wildman–Crippen MR) is 137 cm³/mol. The van der Waals surface area contributed by atoms with Crippen LogP contribution in [0.4, 0.5) is 11.6 Å². The molecule has 0 bridgehead atoms. The van der Waals surface area contributed by atoms with Gasteiger partial charge in [0.25, 0.3) is 15.6 Å². The fraction of sp³-hybridized carbons (Fsp3) is 0.160. The third kappa shape index (κ3) is 5.73. The monoisotopic (exact) mass is 490 g/mol. The van der Waals surface area contributed by atoms with Crippen molar-refractivity contribution in [3.63, 3.8) is 0 Å². The molecule has 9 nitrogen and oxygen atoms in total. The van der Waals surface area contributed by atoms with E-state index in [1.807, 2.05) is 30.3 Å². The molecule has 4 N–H and O–H groups in total. The summed E-state index contributed by atoms with van der Waals surface area (Å²) in [5, 5.41) is 3.14. The lowest BCUT2D eigenvalue weighted by molar-refractivity contribution is 0.601. The van der Waals surface area contributed by atoms with Crippen LogP contribution in [0.15, 0.2) is 94.9 Å². The number of aromatic nitrogens is 3. The molecule has 0 aliphatic carbocycles. The van der Waals surface area contributed by atoms with E-state index in [9.17, 15) is 13.2 Å². The molecule has 0 aliphatic heterocycles. The zero-order valence-electron chi connectivity index (χ0n) is 19.1. The second-order valence-corrected chi connectivity index (χ2v) is 9.69. The van der Waals surface area contributed by atoms with Crippen LogP contribution in [-0.2, 0) is 23.5 Å². The summed E-state index contributed by atoms with van der Waals surface area (Å²) in [6.45, 7) is 0.361. The van der Waals surface area contributed by atoms with Crippen LogP contribution in [0.5, 0.6) is 0 Å². The van der Waals surface area contributed by atoms with Crippen molar-refractivity contribution in [2.75, 3.05) is 16.6 Å². The fourth-order valence-corrected chi connectivity index (χ4v) is 4.66. The van der Waals surface area contributed by atoms with Crippen LogP contribution >= 0.6 is 0 Å². The maximum Gasteiger partial charge on any atom is 0.279 e. The highest BCUT2D eigenvalue weighted by atomic mass is 32.2. The largest absolute Gasteiger partial charge is 0.354 e. The standard InChI is InChI=1S/C25H26N6O3S/c1-31-24(32)23(30-35(33,34)21-10-6-3-7-11-21)22(19-12-14-27-15-13-19)29-25(31)28-17-20(26)16-18-8-4-2-5-9-18/h2-15,20,30H,16-17,26H2,1H3,(H,28,29)/t20-/m0/s1. The van der Waals surface area contributed by atoms with Crippen molar-refractivity contribution in [2.45, 2.75) is 17.4 Å². The minimum atomic E-state index is -4.02. The van der Waals surface area contributed by atoms with Gasteiger partial charge in [0.05, 0.1) is 4.90 Å². The number of nitrogens with two attached hydrogens (primary N) is 1. The van der Waals surface area contributed by atoms with Crippen LogP contribution in [0, 0.1) is 0 Å². The van der Waals surface area contributed by atoms with Crippen LogP contribution in [0.2, 0.25) is 0 Å². The number of pyridine rings is 1. The van der Waals surface area contributed by atoms with Gasteiger partial charge in [0, 0.05) is 37.6 Å². The summed E-state index contributed by atoms with van der Waals surface area (Å²) in [4.78, 5) is 22.0. The van der Waals surface area contributed by atoms with Gasteiger partial charge in [-0.2, -0.15) is 0 Å². The number of benzene rings is 2. The first kappa shape index (κ1) is 24.1. The van der Waals surface area contributed by atoms with Gasteiger partial charge in [0.1, 0.15) is 11.4 Å². The Hall–Kier alpha value is -4.02. The molecule has 0 fully saturated rings. The van der Waals surface area contributed by atoms with Gasteiger partial charge in [-0.05, 0) is 36.2 Å². The molecule has 0 amide bonds. The molecule has 2 aromatic carbocycles. The Morgan fingerprint density at radius 2 is 1.60 bits per heavy atom. The lowest BCUT2D eigenvalue weighted by Crippen LogP contribution is -2.34. The summed E-state index contributed by atoms with van der Waals surface area (Å²) in [6, 6.07) is 20.8. The van der Waals surface area contributed by atoms with Crippen LogP contribution in [0.3, 0.4) is 0 Å². The van der Waals surface area contributed by atoms with Crippen LogP contribution in [-0.4, -0.2) is 35.5 Å². The van der Waals surface area contributed by atoms with Crippen LogP contribution < -0.4 is 21.3 Å². The maximum atomic E-state index is 13.3. The van der Waals surface area contributed by atoms with E-state index in [4.69, 9.17) is 5.73 Å². The number of nitrogens with zero attached hydrogens (tertiary/aromatic N) is 3. The van der Waals surface area contributed by atoms with Gasteiger partial charge in [0.15, 0.2) is 0 Å². The van der Waals surface area contributed by atoms with Crippen molar-refractivity contribution in [3.8, 4) is 11.3 Å². The summed E-state index contributed by atoms with van der Waals surface area (Å²) in [5.41, 5.74) is 7.42. The van der Waals surface area contributed by atoms with Gasteiger partial charge < -0.3 is 11.1 Å². The summed E-state index contributed by atoms with van der Waals surface area (Å²) < 4.78 is 29.7. The number of sulfonamides is 1. The van der Waals surface area contributed by atoms with Gasteiger partial charge in [0.2, 0.25) is 5.95 Å². The van der Waals surface area contributed by atoms with Crippen molar-refractivity contribution in [2.24, 2.45) is 12.8 Å². The summed E-state index contributed by atoms with van der Waals surface area (Å²) >= 11 is 0. The Kier molecular flexibility index (Phi) is 7.23. The molecule has 2 heterocycles. The highest BCUT2D eigenvalue weighted by Gasteiger charge is 2.22. The third-order valence-electron chi connectivity index (χ3n) is 5.40. The lowest BCUT2D eigenvalue weighted by atomic mass is 10.1. The van der Waals surface area contributed by atoms with Gasteiger partial charge in [-0.15, -0.1) is 0 Å². The highest BCUT2D eigenvalue weighted by molar-refractivity contribution is 7.92. The van der Waals surface area contributed by atoms with E-state index in [2.05, 4.69) is 20.0 Å². The Bertz CT molecular complexity index is 1440. The minimum absolute atomic E-state index is 0.0387. The summed E-state index contributed by atoms with van der Waals surface area (Å²) in [6.07, 6.45) is 3.74. The Morgan fingerprint density at radius 1 is 0.971 bits per heavy atom. The molecule has 35 heavy (non-hydrogen) atoms. The van der Waals surface area contributed by atoms with Crippen molar-refractivity contribution < 1.29 is 8.42 Å². The molecule has 4 aromatic rings. The Balaban J connectivity index is 1.67. The average molecular weight is 491 g/mol. The van der Waals surface area contributed by atoms with E-state index in [1.165, 1.54) is 23.7 Å². The minimum Gasteiger partial charge on any atom is -0.354 e. The van der Waals surface area contributed by atoms with Crippen molar-refractivity contribution >= 4 is 21.7 Å². The Morgan fingerprint density at radius 3 is 2.26 bits per heavy atom. The molecular weight excluding hydrogens is 464 g/mol. The topological polar surface area (TPSA) is 132 Å². The van der Waals surface area contributed by atoms with E-state index < -0.39 is 15.6 Å². The van der Waals surface area contributed by atoms with E-state index in [1.54, 1.807) is 42.7 Å². The molecule has 0 spiro atoms. The first-order chi connectivity index (χ1) is 16.8. The van der Waals surface area contributed by atoms with E-state index >= 15 is 0 Å². The summed E-state index contributed by atoms with van der Waals surface area (Å²) in [5.74, 6) is 0.271. The molecular formula is C25H26N6O3S. The van der Waals surface area contributed by atoms with E-state index in [-0.39, 0.29) is 28.3 Å². The highest BCUT2D eigenvalue weighted by Crippen LogP contribution is 2.26.